The van der Waals surface area contributed by atoms with Crippen LogP contribution in [0.4, 0.5) is 23.2 Å². The molecule has 9 heteroatoms. The van der Waals surface area contributed by atoms with Gasteiger partial charge in [0.2, 0.25) is 5.91 Å². The van der Waals surface area contributed by atoms with Gasteiger partial charge in [-0.25, -0.2) is 4.39 Å². The average molecular weight is 400 g/mol. The molecule has 2 rings (SSSR count). The minimum Gasteiger partial charge on any atom is -0.489 e. The first-order chi connectivity index (χ1) is 13.2. The van der Waals surface area contributed by atoms with Crippen LogP contribution in [-0.2, 0) is 24.1 Å². The normalized spacial score (nSPS) is 11.4. The van der Waals surface area contributed by atoms with Crippen molar-refractivity contribution in [1.29, 1.82) is 0 Å². The van der Waals surface area contributed by atoms with Crippen molar-refractivity contribution < 1.29 is 32.2 Å². The van der Waals surface area contributed by atoms with E-state index in [0.29, 0.717) is 36.2 Å². The Bertz CT molecular complexity index is 825. The Morgan fingerprint density at radius 3 is 2.57 bits per heavy atom. The van der Waals surface area contributed by atoms with Gasteiger partial charge >= 0.3 is 6.18 Å². The standard InChI is InChI=1S/C19H20F4N2O3/c1-12(27)25-15-3-5-18(14(9-15)10-24-6-7-26)28-11-13-2-4-17(20)16(8-13)19(21,22)23/h2-5,8-9,24,26H,6-7,10-11H2,1H3,(H,25,27). The highest BCUT2D eigenvalue weighted by molar-refractivity contribution is 5.88. The molecule has 0 radical (unpaired) electrons. The number of hydrogen-bond acceptors (Lipinski definition) is 4. The van der Waals surface area contributed by atoms with E-state index < -0.39 is 17.6 Å². The van der Waals surface area contributed by atoms with Crippen LogP contribution >= 0.6 is 0 Å². The highest BCUT2D eigenvalue weighted by atomic mass is 19.4. The summed E-state index contributed by atoms with van der Waals surface area (Å²) in [5.74, 6) is -1.21. The van der Waals surface area contributed by atoms with Crippen LogP contribution in [0.2, 0.25) is 0 Å². The van der Waals surface area contributed by atoms with Crippen molar-refractivity contribution in [3.63, 3.8) is 0 Å². The summed E-state index contributed by atoms with van der Waals surface area (Å²) in [5, 5.41) is 14.5. The molecule has 0 aromatic heterocycles. The summed E-state index contributed by atoms with van der Waals surface area (Å²) in [7, 11) is 0. The van der Waals surface area contributed by atoms with Gasteiger partial charge in [0, 0.05) is 31.3 Å². The molecule has 0 bridgehead atoms. The maximum Gasteiger partial charge on any atom is 0.419 e. The Morgan fingerprint density at radius 2 is 1.93 bits per heavy atom. The van der Waals surface area contributed by atoms with Gasteiger partial charge in [-0.15, -0.1) is 0 Å². The van der Waals surface area contributed by atoms with Crippen molar-refractivity contribution in [3.05, 3.63) is 58.9 Å². The van der Waals surface area contributed by atoms with E-state index in [9.17, 15) is 22.4 Å². The summed E-state index contributed by atoms with van der Waals surface area (Å²) >= 11 is 0. The summed E-state index contributed by atoms with van der Waals surface area (Å²) in [6.45, 7) is 1.73. The topological polar surface area (TPSA) is 70.6 Å². The zero-order chi connectivity index (χ0) is 20.7. The Hall–Kier alpha value is -2.65. The number of anilines is 1. The number of carbonyl (C=O) groups is 1. The number of aliphatic hydroxyl groups is 1. The molecule has 152 valence electrons. The van der Waals surface area contributed by atoms with Crippen LogP contribution in [0.3, 0.4) is 0 Å². The number of aliphatic hydroxyl groups excluding tert-OH is 1. The number of alkyl halides is 3. The Balaban J connectivity index is 2.19. The highest BCUT2D eigenvalue weighted by Gasteiger charge is 2.34. The zero-order valence-corrected chi connectivity index (χ0v) is 15.1. The number of halogens is 4. The van der Waals surface area contributed by atoms with Crippen molar-refractivity contribution >= 4 is 11.6 Å². The van der Waals surface area contributed by atoms with Crippen LogP contribution in [0.1, 0.15) is 23.6 Å². The predicted octanol–water partition coefficient (Wildman–Crippen LogP) is 3.46. The number of hydrogen-bond donors (Lipinski definition) is 3. The fourth-order valence-electron chi connectivity index (χ4n) is 2.48. The molecule has 0 saturated heterocycles. The third kappa shape index (κ3) is 6.21. The molecule has 0 aliphatic heterocycles. The van der Waals surface area contributed by atoms with Crippen molar-refractivity contribution in [1.82, 2.24) is 5.32 Å². The van der Waals surface area contributed by atoms with Crippen molar-refractivity contribution in [2.75, 3.05) is 18.5 Å². The number of ether oxygens (including phenoxy) is 1. The van der Waals surface area contributed by atoms with Crippen LogP contribution in [0.25, 0.3) is 0 Å². The minimum atomic E-state index is -4.79. The second-order valence-electron chi connectivity index (χ2n) is 6.00. The third-order valence-corrected chi connectivity index (χ3v) is 3.72. The molecule has 0 heterocycles. The Labute approximate surface area is 159 Å². The number of nitrogens with one attached hydrogen (secondary N) is 2. The lowest BCUT2D eigenvalue weighted by molar-refractivity contribution is -0.140. The molecule has 0 unspecified atom stereocenters. The molecule has 0 fully saturated rings. The first-order valence-electron chi connectivity index (χ1n) is 8.41. The lowest BCUT2D eigenvalue weighted by Gasteiger charge is -2.15. The van der Waals surface area contributed by atoms with Gasteiger partial charge in [-0.1, -0.05) is 6.07 Å². The quantitative estimate of drug-likeness (QED) is 0.469. The lowest BCUT2D eigenvalue weighted by atomic mass is 10.1. The van der Waals surface area contributed by atoms with Gasteiger partial charge < -0.3 is 20.5 Å². The smallest absolute Gasteiger partial charge is 0.419 e. The summed E-state index contributed by atoms with van der Waals surface area (Å²) < 4.78 is 57.5. The molecule has 28 heavy (non-hydrogen) atoms. The van der Waals surface area contributed by atoms with Crippen molar-refractivity contribution in [2.45, 2.75) is 26.3 Å². The number of amides is 1. The van der Waals surface area contributed by atoms with Gasteiger partial charge in [0.25, 0.3) is 0 Å². The maximum absolute atomic E-state index is 13.4. The van der Waals surface area contributed by atoms with Crippen LogP contribution in [0.15, 0.2) is 36.4 Å². The van der Waals surface area contributed by atoms with Gasteiger partial charge in [0.05, 0.1) is 12.2 Å². The molecular formula is C19H20F4N2O3. The molecule has 2 aromatic carbocycles. The number of benzene rings is 2. The molecular weight excluding hydrogens is 380 g/mol. The molecule has 3 N–H and O–H groups in total. The lowest BCUT2D eigenvalue weighted by Crippen LogP contribution is -2.18. The number of carbonyl (C=O) groups excluding carboxylic acids is 1. The first-order valence-corrected chi connectivity index (χ1v) is 8.41. The Kier molecular flexibility index (Phi) is 7.36. The van der Waals surface area contributed by atoms with Gasteiger partial charge in [-0.2, -0.15) is 13.2 Å². The number of rotatable bonds is 8. The summed E-state index contributed by atoms with van der Waals surface area (Å²) in [4.78, 5) is 11.2. The van der Waals surface area contributed by atoms with Gasteiger partial charge in [0.1, 0.15) is 18.2 Å². The van der Waals surface area contributed by atoms with Crippen LogP contribution in [-0.4, -0.2) is 24.2 Å². The minimum absolute atomic E-state index is 0.0720. The predicted molar refractivity (Wildman–Crippen MR) is 95.3 cm³/mol. The van der Waals surface area contributed by atoms with Crippen molar-refractivity contribution in [3.8, 4) is 5.75 Å². The molecule has 0 aliphatic carbocycles. The van der Waals surface area contributed by atoms with Crippen LogP contribution in [0.5, 0.6) is 5.75 Å². The van der Waals surface area contributed by atoms with E-state index in [-0.39, 0.29) is 24.7 Å². The van der Waals surface area contributed by atoms with E-state index in [0.717, 1.165) is 6.07 Å². The third-order valence-electron chi connectivity index (χ3n) is 3.72. The monoisotopic (exact) mass is 400 g/mol. The maximum atomic E-state index is 13.4. The fraction of sp³-hybridized carbons (Fsp3) is 0.316. The molecule has 0 spiro atoms. The van der Waals surface area contributed by atoms with Gasteiger partial charge in [0.15, 0.2) is 0 Å². The van der Waals surface area contributed by atoms with E-state index in [2.05, 4.69) is 10.6 Å². The van der Waals surface area contributed by atoms with E-state index in [1.165, 1.54) is 13.0 Å². The highest BCUT2D eigenvalue weighted by Crippen LogP contribution is 2.32. The second kappa shape index (κ2) is 9.52. The molecule has 5 nitrogen and oxygen atoms in total. The summed E-state index contributed by atoms with van der Waals surface area (Å²) in [6.07, 6.45) is -4.79. The Morgan fingerprint density at radius 1 is 1.18 bits per heavy atom. The zero-order valence-electron chi connectivity index (χ0n) is 15.1. The molecule has 1 amide bonds. The first kappa shape index (κ1) is 21.6. The largest absolute Gasteiger partial charge is 0.489 e. The summed E-state index contributed by atoms with van der Waals surface area (Å²) in [5.41, 5.74) is -0.0204. The van der Waals surface area contributed by atoms with E-state index in [1.54, 1.807) is 18.2 Å². The second-order valence-corrected chi connectivity index (χ2v) is 6.00. The van der Waals surface area contributed by atoms with Crippen LogP contribution in [0, 0.1) is 5.82 Å². The molecule has 0 aliphatic rings. The van der Waals surface area contributed by atoms with Crippen molar-refractivity contribution in [2.24, 2.45) is 0 Å². The van der Waals surface area contributed by atoms with Crippen LogP contribution < -0.4 is 15.4 Å². The van der Waals surface area contributed by atoms with E-state index >= 15 is 0 Å². The fourth-order valence-corrected chi connectivity index (χ4v) is 2.48. The molecule has 2 aromatic rings. The van der Waals surface area contributed by atoms with Gasteiger partial charge in [-0.3, -0.25) is 4.79 Å². The van der Waals surface area contributed by atoms with E-state index in [4.69, 9.17) is 9.84 Å². The SMILES string of the molecule is CC(=O)Nc1ccc(OCc2ccc(F)c(C(F)(F)F)c2)c(CNCCO)c1. The van der Waals surface area contributed by atoms with E-state index in [1.807, 2.05) is 0 Å². The molecule has 0 saturated carbocycles. The molecule has 0 atom stereocenters. The summed E-state index contributed by atoms with van der Waals surface area (Å²) in [6, 6.07) is 7.52. The van der Waals surface area contributed by atoms with Gasteiger partial charge in [-0.05, 0) is 35.9 Å². The average Bonchev–Trinajstić information content (AvgIpc) is 2.61.